The van der Waals surface area contributed by atoms with Crippen LogP contribution in [-0.4, -0.2) is 43.5 Å². The van der Waals surface area contributed by atoms with E-state index in [9.17, 15) is 9.59 Å². The van der Waals surface area contributed by atoms with Gasteiger partial charge in [-0.3, -0.25) is 9.59 Å². The number of methoxy groups -OCH3 is 1. The van der Waals surface area contributed by atoms with Gasteiger partial charge in [0.15, 0.2) is 0 Å². The number of unbranched alkanes of at least 4 members (excludes halogenated alkanes) is 1. The first-order valence-corrected chi connectivity index (χ1v) is 5.92. The second-order valence-corrected chi connectivity index (χ2v) is 3.72. The van der Waals surface area contributed by atoms with E-state index in [4.69, 9.17) is 11.6 Å². The summed E-state index contributed by atoms with van der Waals surface area (Å²) in [5.74, 6) is -0.00853. The van der Waals surface area contributed by atoms with Crippen molar-refractivity contribution in [2.75, 3.05) is 26.6 Å². The molecule has 0 atom stereocenters. The molecule has 0 aliphatic carbocycles. The molecular weight excluding hydrogens is 246 g/mol. The lowest BCUT2D eigenvalue weighted by molar-refractivity contribution is -0.141. The average Bonchev–Trinajstić information content (AvgIpc) is 2.34. The lowest BCUT2D eigenvalue weighted by atomic mass is 10.2. The molecule has 7 heteroatoms. The Kier molecular flexibility index (Phi) is 9.33. The lowest BCUT2D eigenvalue weighted by Gasteiger charge is -2.08. The first-order valence-electron chi connectivity index (χ1n) is 5.38. The summed E-state index contributed by atoms with van der Waals surface area (Å²) >= 11 is 5.41. The molecule has 0 aliphatic heterocycles. The lowest BCUT2D eigenvalue weighted by Crippen LogP contribution is -2.20. The van der Waals surface area contributed by atoms with Crippen LogP contribution in [0.25, 0.3) is 0 Å². The number of halogens is 1. The third kappa shape index (κ3) is 8.62. The van der Waals surface area contributed by atoms with Crippen molar-refractivity contribution in [2.24, 2.45) is 10.3 Å². The molecule has 0 bridgehead atoms. The quantitative estimate of drug-likeness (QED) is 0.220. The first kappa shape index (κ1) is 15.8. The number of amides is 1. The third-order valence-electron chi connectivity index (χ3n) is 1.99. The van der Waals surface area contributed by atoms with Crippen molar-refractivity contribution in [1.82, 2.24) is 5.01 Å². The second-order valence-electron chi connectivity index (χ2n) is 3.34. The Hall–Kier alpha value is -1.17. The second kappa shape index (κ2) is 10.0. The van der Waals surface area contributed by atoms with Crippen LogP contribution in [0.1, 0.15) is 25.7 Å². The molecule has 0 spiro atoms. The largest absolute Gasteiger partial charge is 0.469 e. The minimum absolute atomic E-state index is 0.131. The summed E-state index contributed by atoms with van der Waals surface area (Å²) < 4.78 is 4.49. The van der Waals surface area contributed by atoms with Gasteiger partial charge in [-0.05, 0) is 12.8 Å². The predicted octanol–water partition coefficient (Wildman–Crippen LogP) is 1.78. The van der Waals surface area contributed by atoms with Crippen LogP contribution in [0.5, 0.6) is 0 Å². The van der Waals surface area contributed by atoms with E-state index in [1.165, 1.54) is 12.1 Å². The Balaban J connectivity index is 3.67. The molecule has 0 N–H and O–H groups in total. The molecule has 0 aromatic rings. The van der Waals surface area contributed by atoms with Crippen LogP contribution >= 0.6 is 11.6 Å². The zero-order chi connectivity index (χ0) is 13.1. The summed E-state index contributed by atoms with van der Waals surface area (Å²) in [6, 6.07) is 0. The van der Waals surface area contributed by atoms with E-state index < -0.39 is 0 Å². The molecule has 0 rings (SSSR count). The molecule has 17 heavy (non-hydrogen) atoms. The molecule has 0 unspecified atom stereocenters. The third-order valence-corrected chi connectivity index (χ3v) is 2.16. The predicted molar refractivity (Wildman–Crippen MR) is 63.7 cm³/mol. The van der Waals surface area contributed by atoms with Gasteiger partial charge in [0.25, 0.3) is 0 Å². The molecule has 0 fully saturated rings. The van der Waals surface area contributed by atoms with E-state index in [1.807, 2.05) is 0 Å². The molecule has 98 valence electrons. The van der Waals surface area contributed by atoms with Gasteiger partial charge in [0, 0.05) is 25.8 Å². The SMILES string of the molecule is COC(=O)CCCCC(=O)N(C)N=NCCCl. The van der Waals surface area contributed by atoms with E-state index >= 15 is 0 Å². The monoisotopic (exact) mass is 263 g/mol. The normalized spacial score (nSPS) is 10.5. The van der Waals surface area contributed by atoms with Gasteiger partial charge in [0.1, 0.15) is 0 Å². The van der Waals surface area contributed by atoms with Crippen molar-refractivity contribution in [3.05, 3.63) is 0 Å². The zero-order valence-corrected chi connectivity index (χ0v) is 10.9. The maximum Gasteiger partial charge on any atom is 0.305 e. The van der Waals surface area contributed by atoms with Crippen LogP contribution in [0.2, 0.25) is 0 Å². The topological polar surface area (TPSA) is 71.3 Å². The molecule has 0 saturated heterocycles. The van der Waals surface area contributed by atoms with E-state index in [1.54, 1.807) is 7.05 Å². The Morgan fingerprint density at radius 2 is 1.94 bits per heavy atom. The van der Waals surface area contributed by atoms with Crippen molar-refractivity contribution in [3.63, 3.8) is 0 Å². The minimum Gasteiger partial charge on any atom is -0.469 e. The Bertz CT molecular complexity index is 272. The van der Waals surface area contributed by atoms with Crippen LogP contribution in [0.3, 0.4) is 0 Å². The van der Waals surface area contributed by atoms with Crippen molar-refractivity contribution in [1.29, 1.82) is 0 Å². The first-order chi connectivity index (χ1) is 8.11. The summed E-state index contributed by atoms with van der Waals surface area (Å²) in [4.78, 5) is 22.3. The number of carbonyl (C=O) groups excluding carboxylic acids is 2. The van der Waals surface area contributed by atoms with Crippen molar-refractivity contribution < 1.29 is 14.3 Å². The van der Waals surface area contributed by atoms with Crippen molar-refractivity contribution in [3.8, 4) is 0 Å². The summed E-state index contributed by atoms with van der Waals surface area (Å²) in [7, 11) is 2.89. The number of alkyl halides is 1. The van der Waals surface area contributed by atoms with E-state index in [0.29, 0.717) is 38.1 Å². The van der Waals surface area contributed by atoms with Gasteiger partial charge in [-0.15, -0.1) is 11.6 Å². The van der Waals surface area contributed by atoms with Crippen LogP contribution in [0.15, 0.2) is 10.3 Å². The van der Waals surface area contributed by atoms with E-state index in [-0.39, 0.29) is 11.9 Å². The number of hydrogen-bond acceptors (Lipinski definition) is 5. The van der Waals surface area contributed by atoms with Crippen molar-refractivity contribution >= 4 is 23.5 Å². The standard InChI is InChI=1S/C10H18ClN3O3/c1-14(13-12-8-7-11)9(15)5-3-4-6-10(16)17-2/h3-8H2,1-2H3. The van der Waals surface area contributed by atoms with Crippen LogP contribution in [-0.2, 0) is 14.3 Å². The minimum atomic E-state index is -0.257. The molecule has 0 saturated carbocycles. The Morgan fingerprint density at radius 1 is 1.29 bits per heavy atom. The van der Waals surface area contributed by atoms with Gasteiger partial charge >= 0.3 is 5.97 Å². The number of ether oxygens (including phenoxy) is 1. The highest BCUT2D eigenvalue weighted by atomic mass is 35.5. The molecule has 0 aromatic heterocycles. The number of carbonyl (C=O) groups is 2. The molecule has 0 aromatic carbocycles. The smallest absolute Gasteiger partial charge is 0.305 e. The fraction of sp³-hybridized carbons (Fsp3) is 0.800. The maximum atomic E-state index is 11.5. The van der Waals surface area contributed by atoms with Crippen LogP contribution in [0.4, 0.5) is 0 Å². The highest BCUT2D eigenvalue weighted by molar-refractivity contribution is 6.18. The van der Waals surface area contributed by atoms with Crippen LogP contribution < -0.4 is 0 Å². The number of esters is 1. The van der Waals surface area contributed by atoms with Crippen molar-refractivity contribution in [2.45, 2.75) is 25.7 Å². The average molecular weight is 264 g/mol. The number of hydrogen-bond donors (Lipinski definition) is 0. The number of nitrogens with zero attached hydrogens (tertiary/aromatic N) is 3. The summed E-state index contributed by atoms with van der Waals surface area (Å²) in [6.45, 7) is 0.390. The fourth-order valence-corrected chi connectivity index (χ4v) is 1.11. The summed E-state index contributed by atoms with van der Waals surface area (Å²) in [5.41, 5.74) is 0. The molecule has 0 heterocycles. The Morgan fingerprint density at radius 3 is 2.53 bits per heavy atom. The van der Waals surface area contributed by atoms with E-state index in [0.717, 1.165) is 0 Å². The fourth-order valence-electron chi connectivity index (χ4n) is 1.04. The van der Waals surface area contributed by atoms with Gasteiger partial charge < -0.3 is 4.74 Å². The van der Waals surface area contributed by atoms with Gasteiger partial charge in [0.2, 0.25) is 5.91 Å². The summed E-state index contributed by atoms with van der Waals surface area (Å²) in [5, 5.41) is 8.57. The highest BCUT2D eigenvalue weighted by Gasteiger charge is 2.08. The van der Waals surface area contributed by atoms with Gasteiger partial charge in [-0.1, -0.05) is 5.22 Å². The summed E-state index contributed by atoms with van der Waals surface area (Å²) in [6.07, 6.45) is 1.93. The highest BCUT2D eigenvalue weighted by Crippen LogP contribution is 2.04. The van der Waals surface area contributed by atoms with Gasteiger partial charge in [0.05, 0.1) is 13.7 Å². The maximum absolute atomic E-state index is 11.5. The van der Waals surface area contributed by atoms with Crippen LogP contribution in [0, 0.1) is 0 Å². The molecule has 0 radical (unpaired) electrons. The molecular formula is C10H18ClN3O3. The van der Waals surface area contributed by atoms with Gasteiger partial charge in [-0.2, -0.15) is 5.11 Å². The van der Waals surface area contributed by atoms with E-state index in [2.05, 4.69) is 15.1 Å². The molecule has 6 nitrogen and oxygen atoms in total. The molecule has 1 amide bonds. The zero-order valence-electron chi connectivity index (χ0n) is 10.2. The number of rotatable bonds is 8. The molecule has 0 aliphatic rings. The van der Waals surface area contributed by atoms with Gasteiger partial charge in [-0.25, -0.2) is 5.01 Å². The Labute approximate surface area is 106 Å².